The topological polar surface area (TPSA) is 65.0 Å². The second-order valence-electron chi connectivity index (χ2n) is 5.24. The quantitative estimate of drug-likeness (QED) is 0.319. The maximum atomic E-state index is 13.6. The molecule has 3 atom stereocenters. The molecule has 33 heavy (non-hydrogen) atoms. The first-order valence-corrected chi connectivity index (χ1v) is 6.66. The van der Waals surface area contributed by atoms with Crippen LogP contribution in [0, 0.1) is 0 Å². The van der Waals surface area contributed by atoms with Gasteiger partial charge in [0.2, 0.25) is 0 Å². The van der Waals surface area contributed by atoms with Crippen LogP contribution in [-0.4, -0.2) is 66.0 Å². The van der Waals surface area contributed by atoms with Crippen LogP contribution >= 0.6 is 0 Å². The fourth-order valence-corrected chi connectivity index (χ4v) is 1.29. The van der Waals surface area contributed by atoms with E-state index < -0.39 is 60.9 Å². The lowest BCUT2D eigenvalue weighted by Crippen LogP contribution is -2.66. The Morgan fingerprint density at radius 2 is 1.03 bits per heavy atom. The number of carbonyl (C=O) groups is 1. The Morgan fingerprint density at radius 1 is 0.636 bits per heavy atom. The van der Waals surface area contributed by atoms with Crippen molar-refractivity contribution >= 4 is 5.97 Å². The molecule has 23 heteroatoms. The standard InChI is InChI=1S/C10H2F18O5/c11-1(3(12,13)14)4(15,16)32-10(28,8(23,24)25)33-9(26,27)6(19,7(20,21)22)31-5(17,18)2(29)30/h1H,(H,29,30). The van der Waals surface area contributed by atoms with Crippen LogP contribution in [0.25, 0.3) is 0 Å². The van der Waals surface area contributed by atoms with E-state index in [0.29, 0.717) is 0 Å². The summed E-state index contributed by atoms with van der Waals surface area (Å²) in [5.74, 6) is -11.9. The maximum absolute atomic E-state index is 13.6. The smallest absolute Gasteiger partial charge is 0.475 e. The first kappa shape index (κ1) is 31.1. The molecule has 0 aromatic heterocycles. The summed E-state index contributed by atoms with van der Waals surface area (Å²) < 4.78 is 233. The summed E-state index contributed by atoms with van der Waals surface area (Å²) >= 11 is 0. The van der Waals surface area contributed by atoms with Crippen molar-refractivity contribution < 1.29 is 103 Å². The predicted molar refractivity (Wildman–Crippen MR) is 56.5 cm³/mol. The summed E-state index contributed by atoms with van der Waals surface area (Å²) in [5, 5.41) is 7.77. The van der Waals surface area contributed by atoms with Gasteiger partial charge in [-0.05, 0) is 0 Å². The van der Waals surface area contributed by atoms with E-state index in [1.54, 1.807) is 4.74 Å². The molecule has 0 heterocycles. The molecular formula is C10H2F18O5. The number of hydrogen-bond donors (Lipinski definition) is 1. The number of carboxylic acids is 1. The Labute approximate surface area is 165 Å². The van der Waals surface area contributed by atoms with E-state index in [0.717, 1.165) is 0 Å². The van der Waals surface area contributed by atoms with E-state index in [2.05, 4.69) is 0 Å². The van der Waals surface area contributed by atoms with Gasteiger partial charge in [-0.15, -0.1) is 0 Å². The number of ether oxygens (including phenoxy) is 3. The molecule has 0 aromatic carbocycles. The van der Waals surface area contributed by atoms with Crippen LogP contribution in [0.2, 0.25) is 0 Å². The lowest BCUT2D eigenvalue weighted by Gasteiger charge is -2.39. The average molecular weight is 544 g/mol. The zero-order valence-corrected chi connectivity index (χ0v) is 14.0. The van der Waals surface area contributed by atoms with Gasteiger partial charge in [-0.1, -0.05) is 0 Å². The third-order valence-electron chi connectivity index (χ3n) is 2.70. The molecular weight excluding hydrogens is 542 g/mol. The van der Waals surface area contributed by atoms with E-state index in [9.17, 15) is 83.8 Å². The van der Waals surface area contributed by atoms with Gasteiger partial charge in [0.1, 0.15) is 0 Å². The summed E-state index contributed by atoms with van der Waals surface area (Å²) in [6, 6.07) is -7.71. The van der Waals surface area contributed by atoms with Crippen LogP contribution < -0.4 is 0 Å². The SMILES string of the molecule is O=C(O)C(F)(F)OC(F)(C(F)(F)F)C(F)(F)OC(F)(OC(F)(F)C(F)C(F)(F)F)C(F)(F)F. The summed E-state index contributed by atoms with van der Waals surface area (Å²) in [5.41, 5.74) is 0. The van der Waals surface area contributed by atoms with Gasteiger partial charge < -0.3 is 5.11 Å². The molecule has 0 fully saturated rings. The van der Waals surface area contributed by atoms with Gasteiger partial charge >= 0.3 is 54.7 Å². The molecule has 0 saturated carbocycles. The van der Waals surface area contributed by atoms with Gasteiger partial charge in [0.15, 0.2) is 0 Å². The predicted octanol–water partition coefficient (Wildman–Crippen LogP) is 5.21. The van der Waals surface area contributed by atoms with Crippen molar-refractivity contribution in [3.63, 3.8) is 0 Å². The molecule has 0 amide bonds. The summed E-state index contributed by atoms with van der Waals surface area (Å²) in [6.45, 7) is 0. The third-order valence-corrected chi connectivity index (χ3v) is 2.70. The Balaban J connectivity index is 6.62. The molecule has 0 aromatic rings. The Hall–Kier alpha value is -1.91. The summed E-state index contributed by atoms with van der Waals surface area (Å²) in [4.78, 5) is 9.93. The van der Waals surface area contributed by atoms with Crippen LogP contribution in [0.15, 0.2) is 0 Å². The van der Waals surface area contributed by atoms with Crippen molar-refractivity contribution in [3.05, 3.63) is 0 Å². The second-order valence-corrected chi connectivity index (χ2v) is 5.24. The second kappa shape index (κ2) is 8.39. The van der Waals surface area contributed by atoms with Gasteiger partial charge in [-0.2, -0.15) is 74.6 Å². The Morgan fingerprint density at radius 3 is 1.30 bits per heavy atom. The highest BCUT2D eigenvalue weighted by Gasteiger charge is 2.82. The lowest BCUT2D eigenvalue weighted by atomic mass is 10.2. The average Bonchev–Trinajstić information content (AvgIpc) is 2.49. The van der Waals surface area contributed by atoms with Gasteiger partial charge in [-0.3, -0.25) is 4.74 Å². The van der Waals surface area contributed by atoms with Crippen molar-refractivity contribution in [1.29, 1.82) is 0 Å². The zero-order valence-electron chi connectivity index (χ0n) is 14.0. The van der Waals surface area contributed by atoms with Gasteiger partial charge in [0.05, 0.1) is 0 Å². The lowest BCUT2D eigenvalue weighted by molar-refractivity contribution is -0.580. The molecule has 0 rings (SSSR count). The first-order valence-electron chi connectivity index (χ1n) is 6.66. The molecule has 0 bridgehead atoms. The van der Waals surface area contributed by atoms with Crippen LogP contribution in [0.3, 0.4) is 0 Å². The monoisotopic (exact) mass is 544 g/mol. The molecule has 0 aliphatic carbocycles. The molecule has 0 spiro atoms. The molecule has 1 N–H and O–H groups in total. The van der Waals surface area contributed by atoms with Gasteiger partial charge in [0.25, 0.3) is 6.17 Å². The number of rotatable bonds is 9. The van der Waals surface area contributed by atoms with Gasteiger partial charge in [0, 0.05) is 0 Å². The molecule has 5 nitrogen and oxygen atoms in total. The number of halogens is 18. The fraction of sp³-hybridized carbons (Fsp3) is 0.900. The molecule has 3 unspecified atom stereocenters. The van der Waals surface area contributed by atoms with Gasteiger partial charge in [-0.25, -0.2) is 18.7 Å². The highest BCUT2D eigenvalue weighted by molar-refractivity contribution is 5.73. The number of carboxylic acid groups (broad SMARTS) is 1. The van der Waals surface area contributed by atoms with Crippen LogP contribution in [0.5, 0.6) is 0 Å². The zero-order chi connectivity index (χ0) is 27.3. The van der Waals surface area contributed by atoms with Crippen LogP contribution in [0.4, 0.5) is 79.0 Å². The highest BCUT2D eigenvalue weighted by Crippen LogP contribution is 2.54. The number of hydrogen-bond acceptors (Lipinski definition) is 4. The molecule has 0 saturated heterocycles. The Kier molecular flexibility index (Phi) is 7.90. The normalized spacial score (nSPS) is 19.6. The molecule has 0 aliphatic heterocycles. The van der Waals surface area contributed by atoms with E-state index in [1.165, 1.54) is 9.47 Å². The Bertz CT molecular complexity index is 711. The first-order chi connectivity index (χ1) is 14.0. The minimum absolute atomic E-state index is 1.40. The van der Waals surface area contributed by atoms with Crippen LogP contribution in [0.1, 0.15) is 0 Å². The van der Waals surface area contributed by atoms with Crippen molar-refractivity contribution in [2.45, 2.75) is 54.9 Å². The van der Waals surface area contributed by atoms with Crippen molar-refractivity contribution in [2.75, 3.05) is 0 Å². The molecule has 0 aliphatic rings. The van der Waals surface area contributed by atoms with E-state index in [-0.39, 0.29) is 0 Å². The minimum atomic E-state index is -8.01. The van der Waals surface area contributed by atoms with Crippen molar-refractivity contribution in [1.82, 2.24) is 0 Å². The summed E-state index contributed by atoms with van der Waals surface area (Å²) in [7, 11) is 0. The van der Waals surface area contributed by atoms with Crippen LogP contribution in [-0.2, 0) is 19.0 Å². The molecule has 0 radical (unpaired) electrons. The third kappa shape index (κ3) is 6.36. The number of aliphatic carboxylic acids is 1. The van der Waals surface area contributed by atoms with Crippen molar-refractivity contribution in [2.24, 2.45) is 0 Å². The largest absolute Gasteiger partial charge is 0.478 e. The van der Waals surface area contributed by atoms with Crippen molar-refractivity contribution in [3.8, 4) is 0 Å². The fourth-order valence-electron chi connectivity index (χ4n) is 1.29. The summed E-state index contributed by atoms with van der Waals surface area (Å²) in [6.07, 6.45) is -50.5. The van der Waals surface area contributed by atoms with E-state index >= 15 is 0 Å². The molecule has 198 valence electrons. The van der Waals surface area contributed by atoms with E-state index in [4.69, 9.17) is 5.11 Å². The minimum Gasteiger partial charge on any atom is -0.475 e. The maximum Gasteiger partial charge on any atom is 0.478 e. The van der Waals surface area contributed by atoms with E-state index in [1.807, 2.05) is 0 Å². The highest BCUT2D eigenvalue weighted by atomic mass is 19.4. The number of alkyl halides is 18.